The number of carbonyl (C=O) groups excluding carboxylic acids is 4. The highest BCUT2D eigenvalue weighted by Gasteiger charge is 2.75. The van der Waals surface area contributed by atoms with Gasteiger partial charge in [0.25, 0.3) is 5.91 Å². The summed E-state index contributed by atoms with van der Waals surface area (Å²) in [6, 6.07) is 12.5. The third-order valence-corrected chi connectivity index (χ3v) is 10.5. The molecule has 0 radical (unpaired) electrons. The molecule has 6 rings (SSSR count). The molecular formula is C36H40BrN3O7. The van der Waals surface area contributed by atoms with Crippen molar-refractivity contribution in [3.05, 3.63) is 87.9 Å². The summed E-state index contributed by atoms with van der Waals surface area (Å²) in [6.07, 6.45) is 5.57. The van der Waals surface area contributed by atoms with Crippen molar-refractivity contribution >= 4 is 45.3 Å². The number of para-hydroxylation sites is 1. The second-order valence-electron chi connectivity index (χ2n) is 12.7. The third-order valence-electron chi connectivity index (χ3n) is 9.85. The van der Waals surface area contributed by atoms with Crippen LogP contribution in [-0.4, -0.2) is 77.2 Å². The first-order valence-electron chi connectivity index (χ1n) is 16.2. The highest BCUT2D eigenvalue weighted by molar-refractivity contribution is 9.11. The maximum atomic E-state index is 15.1. The smallest absolute Gasteiger partial charge is 0.306 e. The summed E-state index contributed by atoms with van der Waals surface area (Å²) >= 11 is 3.61. The molecule has 0 unspecified atom stereocenters. The van der Waals surface area contributed by atoms with E-state index in [1.54, 1.807) is 11.0 Å². The fourth-order valence-electron chi connectivity index (χ4n) is 7.63. The van der Waals surface area contributed by atoms with Crippen LogP contribution in [0.15, 0.2) is 71.2 Å². The molecule has 0 saturated carbocycles. The molecule has 7 atom stereocenters. The number of carbonyl (C=O) groups is 4. The van der Waals surface area contributed by atoms with Crippen molar-refractivity contribution in [2.24, 2.45) is 11.8 Å². The maximum Gasteiger partial charge on any atom is 0.306 e. The quantitative estimate of drug-likeness (QED) is 0.356. The lowest BCUT2D eigenvalue weighted by Crippen LogP contribution is -2.58. The lowest BCUT2D eigenvalue weighted by atomic mass is 9.74. The van der Waals surface area contributed by atoms with Gasteiger partial charge in [-0.05, 0) is 49.5 Å². The third kappa shape index (κ3) is 5.72. The number of hydrogen-bond donors (Lipinski definition) is 2. The van der Waals surface area contributed by atoms with Gasteiger partial charge in [-0.15, -0.1) is 0 Å². The number of fused-ring (bicyclic) bond motifs is 2. The van der Waals surface area contributed by atoms with E-state index in [1.807, 2.05) is 81.5 Å². The number of halogens is 1. The fraction of sp³-hybridized carbons (Fsp3) is 0.444. The largest absolute Gasteiger partial charge is 0.463 e. The molecule has 4 aliphatic rings. The van der Waals surface area contributed by atoms with Crippen LogP contribution < -0.4 is 10.2 Å². The number of allylic oxidation sites excluding steroid dienone is 1. The topological polar surface area (TPSA) is 125 Å². The fourth-order valence-corrected chi connectivity index (χ4v) is 8.37. The number of anilines is 1. The summed E-state index contributed by atoms with van der Waals surface area (Å²) in [5.41, 5.74) is 1.74. The molecule has 2 fully saturated rings. The number of benzene rings is 2. The van der Waals surface area contributed by atoms with Gasteiger partial charge in [0.15, 0.2) is 0 Å². The van der Waals surface area contributed by atoms with Crippen LogP contribution >= 0.6 is 15.9 Å². The van der Waals surface area contributed by atoms with Crippen molar-refractivity contribution in [2.45, 2.75) is 69.9 Å². The Bertz CT molecular complexity index is 1600. The van der Waals surface area contributed by atoms with E-state index in [1.165, 1.54) is 4.90 Å². The Hall–Kier alpha value is -3.80. The summed E-state index contributed by atoms with van der Waals surface area (Å²) < 4.78 is 12.9. The standard InChI is InChI=1S/C36H40BrN3O7/c1-4-24(19-41)40-32-35(45)39(30-21(2)12-11-13-22(30)3)17-10-6-9-16-27(42)46-20-26(23-14-7-5-8-15-23)38-33(43)28-29(34(40)44)36(32)18-25(37)31(28)47-36/h5-8,10-15,18,24,26,28-29,31-32,41H,4,9,16-17,19-20H2,1-3H3,(H,38,43)/b10-6-/t24-,26+,28+,29-,31+,32+,36-/m0/s1. The van der Waals surface area contributed by atoms with E-state index in [4.69, 9.17) is 9.47 Å². The van der Waals surface area contributed by atoms with Gasteiger partial charge in [0, 0.05) is 23.1 Å². The van der Waals surface area contributed by atoms with E-state index in [0.717, 1.165) is 16.7 Å². The monoisotopic (exact) mass is 705 g/mol. The van der Waals surface area contributed by atoms with Gasteiger partial charge in [0.2, 0.25) is 11.8 Å². The predicted octanol–water partition coefficient (Wildman–Crippen LogP) is 4.03. The van der Waals surface area contributed by atoms with Gasteiger partial charge in [-0.1, -0.05) is 83.5 Å². The molecule has 2 N–H and O–H groups in total. The number of aliphatic hydroxyl groups is 1. The molecule has 0 aliphatic carbocycles. The van der Waals surface area contributed by atoms with Crippen LogP contribution in [0.25, 0.3) is 0 Å². The minimum absolute atomic E-state index is 0.0900. The highest BCUT2D eigenvalue weighted by atomic mass is 79.9. The summed E-state index contributed by atoms with van der Waals surface area (Å²) in [4.78, 5) is 59.9. The summed E-state index contributed by atoms with van der Waals surface area (Å²) in [6.45, 7) is 5.43. The molecule has 11 heteroatoms. The van der Waals surface area contributed by atoms with Gasteiger partial charge in [0.1, 0.15) is 24.4 Å². The number of likely N-dealkylation sites (tertiary alicyclic amines) is 1. The number of amides is 3. The summed E-state index contributed by atoms with van der Waals surface area (Å²) in [5.74, 6) is -3.65. The van der Waals surface area contributed by atoms with E-state index in [-0.39, 0.29) is 32.1 Å². The molecule has 4 aliphatic heterocycles. The van der Waals surface area contributed by atoms with Crippen LogP contribution in [0.5, 0.6) is 0 Å². The molecule has 0 aromatic heterocycles. The number of rotatable bonds is 5. The van der Waals surface area contributed by atoms with Crippen LogP contribution in [0.3, 0.4) is 0 Å². The van der Waals surface area contributed by atoms with Gasteiger partial charge < -0.3 is 29.7 Å². The average molecular weight is 707 g/mol. The molecule has 10 nitrogen and oxygen atoms in total. The zero-order valence-corrected chi connectivity index (χ0v) is 28.3. The first-order chi connectivity index (χ1) is 22.6. The number of esters is 1. The van der Waals surface area contributed by atoms with Gasteiger partial charge in [-0.25, -0.2) is 0 Å². The van der Waals surface area contributed by atoms with Crippen molar-refractivity contribution in [1.29, 1.82) is 0 Å². The number of aryl methyl sites for hydroxylation is 2. The second kappa shape index (κ2) is 13.4. The minimum Gasteiger partial charge on any atom is -0.463 e. The number of aliphatic hydroxyl groups excluding tert-OH is 1. The SMILES string of the molecule is CC[C@@H](CO)N1C(=O)[C@@H]2[C@H]3C(=O)N[C@@H](c4ccccc4)COC(=O)CC/C=C\CN(c4c(C)cccc4C)C(=O)[C@@H]1[C@]21C=C(Br)[C@H]3O1. The van der Waals surface area contributed by atoms with E-state index in [0.29, 0.717) is 23.0 Å². The van der Waals surface area contributed by atoms with Crippen molar-refractivity contribution in [1.82, 2.24) is 10.2 Å². The Kier molecular flexibility index (Phi) is 9.42. The molecule has 248 valence electrons. The Balaban J connectivity index is 1.50. The Morgan fingerprint density at radius 1 is 1.02 bits per heavy atom. The van der Waals surface area contributed by atoms with E-state index in [9.17, 15) is 19.5 Å². The average Bonchev–Trinajstić information content (AvgIpc) is 3.65. The molecule has 2 saturated heterocycles. The number of cyclic esters (lactones) is 1. The Morgan fingerprint density at radius 2 is 1.74 bits per heavy atom. The Labute approximate surface area is 282 Å². The van der Waals surface area contributed by atoms with Crippen molar-refractivity contribution in [3.63, 3.8) is 0 Å². The van der Waals surface area contributed by atoms with Gasteiger partial charge in [-0.2, -0.15) is 0 Å². The van der Waals surface area contributed by atoms with Crippen LogP contribution in [0.1, 0.15) is 48.9 Å². The van der Waals surface area contributed by atoms with E-state index >= 15 is 4.79 Å². The van der Waals surface area contributed by atoms with Crippen molar-refractivity contribution < 1.29 is 33.8 Å². The predicted molar refractivity (Wildman–Crippen MR) is 178 cm³/mol. The van der Waals surface area contributed by atoms with Crippen LogP contribution in [-0.2, 0) is 28.7 Å². The molecule has 4 heterocycles. The lowest BCUT2D eigenvalue weighted by molar-refractivity contribution is -0.146. The molecule has 1 spiro atoms. The zero-order chi connectivity index (χ0) is 33.5. The normalized spacial score (nSPS) is 30.9. The van der Waals surface area contributed by atoms with Crippen LogP contribution in [0.2, 0.25) is 0 Å². The number of ether oxygens (including phenoxy) is 2. The molecule has 2 aromatic rings. The van der Waals surface area contributed by atoms with Gasteiger partial charge in [0.05, 0.1) is 30.5 Å². The molecule has 3 amide bonds. The maximum absolute atomic E-state index is 15.1. The number of hydrogen-bond acceptors (Lipinski definition) is 7. The van der Waals surface area contributed by atoms with Crippen molar-refractivity contribution in [2.75, 3.05) is 24.7 Å². The minimum atomic E-state index is -1.45. The van der Waals surface area contributed by atoms with E-state index < -0.39 is 59.5 Å². The molecule has 2 aromatic carbocycles. The number of nitrogens with zero attached hydrogens (tertiary/aromatic N) is 2. The number of nitrogens with one attached hydrogen (secondary N) is 1. The molecular weight excluding hydrogens is 666 g/mol. The highest BCUT2D eigenvalue weighted by Crippen LogP contribution is 2.59. The first-order valence-corrected chi connectivity index (χ1v) is 16.9. The molecule has 5 bridgehead atoms. The Morgan fingerprint density at radius 3 is 2.43 bits per heavy atom. The first kappa shape index (κ1) is 33.1. The summed E-state index contributed by atoms with van der Waals surface area (Å²) in [5, 5.41) is 13.5. The van der Waals surface area contributed by atoms with Gasteiger partial charge in [-0.3, -0.25) is 19.2 Å². The van der Waals surface area contributed by atoms with E-state index in [2.05, 4.69) is 21.2 Å². The zero-order valence-electron chi connectivity index (χ0n) is 26.7. The summed E-state index contributed by atoms with van der Waals surface area (Å²) in [7, 11) is 0. The van der Waals surface area contributed by atoms with Crippen LogP contribution in [0, 0.1) is 25.7 Å². The van der Waals surface area contributed by atoms with Crippen molar-refractivity contribution in [3.8, 4) is 0 Å². The van der Waals surface area contributed by atoms with Gasteiger partial charge >= 0.3 is 5.97 Å². The molecule has 47 heavy (non-hydrogen) atoms. The second-order valence-corrected chi connectivity index (χ2v) is 13.6. The van der Waals surface area contributed by atoms with Crippen LogP contribution in [0.4, 0.5) is 5.69 Å². The lowest BCUT2D eigenvalue weighted by Gasteiger charge is -2.39.